The van der Waals surface area contributed by atoms with Crippen LogP contribution in [0, 0.1) is 0 Å². The summed E-state index contributed by atoms with van der Waals surface area (Å²) in [7, 11) is 0. The van der Waals surface area contributed by atoms with E-state index in [1.54, 1.807) is 11.8 Å². The van der Waals surface area contributed by atoms with Crippen LogP contribution in [0.3, 0.4) is 0 Å². The smallest absolute Gasteiger partial charge is 0.396 e. The van der Waals surface area contributed by atoms with E-state index in [4.69, 9.17) is 5.11 Å². The highest BCUT2D eigenvalue weighted by atomic mass is 32.2. The van der Waals surface area contributed by atoms with Crippen LogP contribution in [0.1, 0.15) is 31.2 Å². The number of aryl methyl sites for hydroxylation is 1. The summed E-state index contributed by atoms with van der Waals surface area (Å²) in [5, 5.41) is 10.6. The van der Waals surface area contributed by atoms with Gasteiger partial charge in [0, 0.05) is 18.0 Å². The monoisotopic (exact) mass is 349 g/mol. The molecule has 0 aliphatic carbocycles. The van der Waals surface area contributed by atoms with E-state index < -0.39 is 12.1 Å². The first-order valence-corrected chi connectivity index (χ1v) is 8.59. The van der Waals surface area contributed by atoms with E-state index in [-0.39, 0.29) is 13.2 Å². The largest absolute Gasteiger partial charge is 0.471 e. The standard InChI is InChI=1S/C16H22F3NO2S/c17-16(18,19)15(22)20-9-5-7-13-6-4-8-14(12-13)23-11-3-1-2-10-21/h4,6,8,12,21H,1-3,5,7,9-11H2,(H,20,22). The quantitative estimate of drug-likeness (QED) is 0.502. The Hall–Kier alpha value is -1.21. The zero-order valence-corrected chi connectivity index (χ0v) is 13.7. The van der Waals surface area contributed by atoms with Gasteiger partial charge in [-0.1, -0.05) is 18.6 Å². The summed E-state index contributed by atoms with van der Waals surface area (Å²) < 4.78 is 36.1. The molecule has 3 nitrogen and oxygen atoms in total. The van der Waals surface area contributed by atoms with Gasteiger partial charge in [-0.05, 0) is 49.1 Å². The van der Waals surface area contributed by atoms with Crippen molar-refractivity contribution in [3.8, 4) is 0 Å². The van der Waals surface area contributed by atoms with Crippen molar-refractivity contribution in [1.82, 2.24) is 5.32 Å². The molecule has 0 saturated heterocycles. The van der Waals surface area contributed by atoms with E-state index in [9.17, 15) is 18.0 Å². The second-order valence-electron chi connectivity index (χ2n) is 5.14. The first-order chi connectivity index (χ1) is 10.9. The predicted molar refractivity (Wildman–Crippen MR) is 85.5 cm³/mol. The van der Waals surface area contributed by atoms with E-state index in [0.29, 0.717) is 12.8 Å². The Morgan fingerprint density at radius 3 is 2.65 bits per heavy atom. The number of amides is 1. The van der Waals surface area contributed by atoms with Crippen LogP contribution in [0.5, 0.6) is 0 Å². The van der Waals surface area contributed by atoms with E-state index in [0.717, 1.165) is 35.5 Å². The van der Waals surface area contributed by atoms with Gasteiger partial charge >= 0.3 is 12.1 Å². The molecule has 0 aliphatic rings. The van der Waals surface area contributed by atoms with Gasteiger partial charge in [0.2, 0.25) is 0 Å². The Morgan fingerprint density at radius 2 is 1.96 bits per heavy atom. The Kier molecular flexibility index (Phi) is 9.09. The Labute approximate surface area is 138 Å². The average molecular weight is 349 g/mol. The zero-order valence-electron chi connectivity index (χ0n) is 12.9. The van der Waals surface area contributed by atoms with Crippen LogP contribution < -0.4 is 5.32 Å². The van der Waals surface area contributed by atoms with Crippen LogP contribution in [0.4, 0.5) is 13.2 Å². The molecule has 0 radical (unpaired) electrons. The fourth-order valence-corrected chi connectivity index (χ4v) is 2.96. The number of aliphatic hydroxyl groups excluding tert-OH is 1. The number of aliphatic hydroxyl groups is 1. The van der Waals surface area contributed by atoms with Gasteiger partial charge in [0.05, 0.1) is 0 Å². The summed E-state index contributed by atoms with van der Waals surface area (Å²) in [5.74, 6) is -0.907. The number of alkyl halides is 3. The normalized spacial score (nSPS) is 11.5. The molecule has 1 aromatic carbocycles. The molecular weight excluding hydrogens is 327 g/mol. The van der Waals surface area contributed by atoms with Crippen LogP contribution in [-0.4, -0.2) is 36.1 Å². The number of rotatable bonds is 10. The molecule has 0 aliphatic heterocycles. The van der Waals surface area contributed by atoms with Gasteiger partial charge in [-0.3, -0.25) is 4.79 Å². The van der Waals surface area contributed by atoms with Crippen molar-refractivity contribution in [2.75, 3.05) is 18.9 Å². The van der Waals surface area contributed by atoms with Crippen molar-refractivity contribution in [3.05, 3.63) is 29.8 Å². The number of halogens is 3. The maximum absolute atomic E-state index is 12.0. The minimum atomic E-state index is -4.81. The number of benzene rings is 1. The molecule has 23 heavy (non-hydrogen) atoms. The number of hydrogen-bond acceptors (Lipinski definition) is 3. The lowest BCUT2D eigenvalue weighted by Crippen LogP contribution is -2.37. The van der Waals surface area contributed by atoms with Gasteiger partial charge in [0.15, 0.2) is 0 Å². The zero-order chi connectivity index (χ0) is 17.1. The third kappa shape index (κ3) is 8.86. The highest BCUT2D eigenvalue weighted by molar-refractivity contribution is 7.99. The third-order valence-electron chi connectivity index (χ3n) is 3.15. The van der Waals surface area contributed by atoms with Gasteiger partial charge in [0.1, 0.15) is 0 Å². The second kappa shape index (κ2) is 10.5. The molecule has 130 valence electrons. The van der Waals surface area contributed by atoms with Crippen LogP contribution in [0.25, 0.3) is 0 Å². The molecule has 0 unspecified atom stereocenters. The average Bonchev–Trinajstić information content (AvgIpc) is 2.50. The molecule has 0 heterocycles. The fourth-order valence-electron chi connectivity index (χ4n) is 1.97. The Morgan fingerprint density at radius 1 is 1.17 bits per heavy atom. The minimum absolute atomic E-state index is 0.0108. The van der Waals surface area contributed by atoms with Crippen LogP contribution in [0.2, 0.25) is 0 Å². The van der Waals surface area contributed by atoms with Crippen molar-refractivity contribution in [1.29, 1.82) is 0 Å². The predicted octanol–water partition coefficient (Wildman–Crippen LogP) is 3.55. The summed E-state index contributed by atoms with van der Waals surface area (Å²) in [6, 6.07) is 7.90. The van der Waals surface area contributed by atoms with Gasteiger partial charge in [-0.15, -0.1) is 11.8 Å². The molecule has 0 spiro atoms. The second-order valence-corrected chi connectivity index (χ2v) is 6.31. The Balaban J connectivity index is 2.27. The first-order valence-electron chi connectivity index (χ1n) is 7.61. The molecule has 0 saturated carbocycles. The number of carbonyl (C=O) groups is 1. The Bertz CT molecular complexity index is 481. The van der Waals surface area contributed by atoms with Gasteiger partial charge in [0.25, 0.3) is 0 Å². The van der Waals surface area contributed by atoms with Gasteiger partial charge in [-0.2, -0.15) is 13.2 Å². The highest BCUT2D eigenvalue weighted by Gasteiger charge is 2.38. The SMILES string of the molecule is O=C(NCCCc1cccc(SCCCCCO)c1)C(F)(F)F. The number of thioether (sulfide) groups is 1. The molecule has 0 atom stereocenters. The molecule has 0 bridgehead atoms. The fraction of sp³-hybridized carbons (Fsp3) is 0.562. The lowest BCUT2D eigenvalue weighted by Gasteiger charge is -2.08. The molecule has 7 heteroatoms. The number of unbranched alkanes of at least 4 members (excludes halogenated alkanes) is 2. The van der Waals surface area contributed by atoms with Crippen molar-refractivity contribution >= 4 is 17.7 Å². The molecule has 1 aromatic rings. The molecular formula is C16H22F3NO2S. The molecule has 0 aromatic heterocycles. The minimum Gasteiger partial charge on any atom is -0.396 e. The highest BCUT2D eigenvalue weighted by Crippen LogP contribution is 2.21. The summed E-state index contributed by atoms with van der Waals surface area (Å²) in [6.07, 6.45) is -0.860. The van der Waals surface area contributed by atoms with Crippen LogP contribution >= 0.6 is 11.8 Å². The van der Waals surface area contributed by atoms with E-state index in [2.05, 4.69) is 0 Å². The summed E-state index contributed by atoms with van der Waals surface area (Å²) >= 11 is 1.73. The molecule has 1 amide bonds. The number of carbonyl (C=O) groups excluding carboxylic acids is 1. The molecule has 1 rings (SSSR count). The van der Waals surface area contributed by atoms with Gasteiger partial charge in [-0.25, -0.2) is 0 Å². The molecule has 2 N–H and O–H groups in total. The van der Waals surface area contributed by atoms with Crippen LogP contribution in [-0.2, 0) is 11.2 Å². The summed E-state index contributed by atoms with van der Waals surface area (Å²) in [5.41, 5.74) is 1.05. The number of nitrogens with one attached hydrogen (secondary N) is 1. The maximum Gasteiger partial charge on any atom is 0.471 e. The summed E-state index contributed by atoms with van der Waals surface area (Å²) in [6.45, 7) is 0.238. The topological polar surface area (TPSA) is 49.3 Å². The van der Waals surface area contributed by atoms with E-state index in [1.165, 1.54) is 0 Å². The van der Waals surface area contributed by atoms with Crippen molar-refractivity contribution in [2.45, 2.75) is 43.2 Å². The van der Waals surface area contributed by atoms with E-state index in [1.807, 2.05) is 29.6 Å². The first kappa shape index (κ1) is 19.8. The lowest BCUT2D eigenvalue weighted by atomic mass is 10.1. The van der Waals surface area contributed by atoms with Crippen molar-refractivity contribution in [2.24, 2.45) is 0 Å². The van der Waals surface area contributed by atoms with E-state index >= 15 is 0 Å². The third-order valence-corrected chi connectivity index (χ3v) is 4.23. The van der Waals surface area contributed by atoms with Crippen molar-refractivity contribution < 1.29 is 23.1 Å². The van der Waals surface area contributed by atoms with Gasteiger partial charge < -0.3 is 10.4 Å². The lowest BCUT2D eigenvalue weighted by molar-refractivity contribution is -0.173. The van der Waals surface area contributed by atoms with Crippen molar-refractivity contribution in [3.63, 3.8) is 0 Å². The van der Waals surface area contributed by atoms with Crippen LogP contribution in [0.15, 0.2) is 29.2 Å². The maximum atomic E-state index is 12.0. The summed E-state index contributed by atoms with van der Waals surface area (Å²) in [4.78, 5) is 11.8. The number of hydrogen-bond donors (Lipinski definition) is 2. The molecule has 0 fully saturated rings.